The molecule has 33 heavy (non-hydrogen) atoms. The number of carbonyl (C=O) groups is 2. The highest BCUT2D eigenvalue weighted by atomic mass is 16.6. The fourth-order valence-electron chi connectivity index (χ4n) is 4.35. The molecule has 9 heteroatoms. The highest BCUT2D eigenvalue weighted by molar-refractivity contribution is 5.99. The largest absolute Gasteiger partial charge is 0.487 e. The van der Waals surface area contributed by atoms with Gasteiger partial charge in [0, 0.05) is 36.5 Å². The molecule has 3 amide bonds. The smallest absolute Gasteiger partial charge is 0.323 e. The molecule has 2 heterocycles. The number of nitrogens with one attached hydrogen (secondary N) is 3. The standard InChI is InChI=1S/C24H29N3O6/c1-31-10-9-25-22(29)13-17-12-19-18-11-16(27-24(30)26-15-5-3-2-4-6-15)7-8-20(18)33-23(19)21(14-28)32-17/h2-8,11,17,19,21,23,28H,9-10,12-14H2,1H3,(H,25,29)(H2,26,27,30)/t17-,19-,21-,23+/m0/s1. The maximum atomic E-state index is 12.4. The minimum atomic E-state index is -0.536. The van der Waals surface area contributed by atoms with Crippen LogP contribution in [0.3, 0.4) is 0 Å². The zero-order valence-electron chi connectivity index (χ0n) is 18.5. The van der Waals surface area contributed by atoms with Gasteiger partial charge in [-0.05, 0) is 36.8 Å². The van der Waals surface area contributed by atoms with Gasteiger partial charge in [0.15, 0.2) is 0 Å². The van der Waals surface area contributed by atoms with Crippen molar-refractivity contribution >= 4 is 23.3 Å². The quantitative estimate of drug-likeness (QED) is 0.454. The Morgan fingerprint density at radius 2 is 1.91 bits per heavy atom. The first kappa shape index (κ1) is 23.0. The molecule has 4 atom stereocenters. The first-order valence-electron chi connectivity index (χ1n) is 11.0. The highest BCUT2D eigenvalue weighted by Gasteiger charge is 2.46. The van der Waals surface area contributed by atoms with Crippen LogP contribution in [0.4, 0.5) is 16.2 Å². The first-order chi connectivity index (χ1) is 16.1. The molecular formula is C24H29N3O6. The van der Waals surface area contributed by atoms with Gasteiger partial charge < -0.3 is 35.3 Å². The Hall–Kier alpha value is -3.14. The maximum Gasteiger partial charge on any atom is 0.323 e. The molecule has 2 aliphatic heterocycles. The number of ether oxygens (including phenoxy) is 3. The van der Waals surface area contributed by atoms with E-state index < -0.39 is 6.10 Å². The molecule has 1 fully saturated rings. The molecule has 1 saturated heterocycles. The molecule has 4 rings (SSSR count). The number of aliphatic hydroxyl groups excluding tert-OH is 1. The molecule has 9 nitrogen and oxygen atoms in total. The molecule has 0 radical (unpaired) electrons. The van der Waals surface area contributed by atoms with Gasteiger partial charge in [0.25, 0.3) is 0 Å². The van der Waals surface area contributed by atoms with Crippen LogP contribution in [0.2, 0.25) is 0 Å². The predicted octanol–water partition coefficient (Wildman–Crippen LogP) is 2.48. The van der Waals surface area contributed by atoms with E-state index in [0.29, 0.717) is 36.7 Å². The van der Waals surface area contributed by atoms with Crippen molar-refractivity contribution in [3.63, 3.8) is 0 Å². The number of hydrogen-bond acceptors (Lipinski definition) is 6. The van der Waals surface area contributed by atoms with Crippen LogP contribution in [0, 0.1) is 0 Å². The number of hydrogen-bond donors (Lipinski definition) is 4. The highest BCUT2D eigenvalue weighted by Crippen LogP contribution is 2.47. The summed E-state index contributed by atoms with van der Waals surface area (Å²) in [5.41, 5.74) is 2.26. The zero-order chi connectivity index (χ0) is 23.2. The van der Waals surface area contributed by atoms with E-state index in [2.05, 4.69) is 16.0 Å². The Morgan fingerprint density at radius 3 is 2.67 bits per heavy atom. The third kappa shape index (κ3) is 5.62. The molecule has 0 saturated carbocycles. The van der Waals surface area contributed by atoms with Crippen molar-refractivity contribution in [1.29, 1.82) is 0 Å². The van der Waals surface area contributed by atoms with Crippen LogP contribution in [0.15, 0.2) is 48.5 Å². The molecule has 0 unspecified atom stereocenters. The van der Waals surface area contributed by atoms with Crippen molar-refractivity contribution in [2.75, 3.05) is 37.5 Å². The van der Waals surface area contributed by atoms with E-state index in [0.717, 1.165) is 5.56 Å². The van der Waals surface area contributed by atoms with E-state index in [1.165, 1.54) is 0 Å². The molecule has 2 aliphatic rings. The molecule has 0 bridgehead atoms. The van der Waals surface area contributed by atoms with Gasteiger partial charge in [-0.3, -0.25) is 4.79 Å². The molecule has 176 valence electrons. The summed E-state index contributed by atoms with van der Waals surface area (Å²) < 4.78 is 17.0. The summed E-state index contributed by atoms with van der Waals surface area (Å²) in [6.45, 7) is 0.668. The maximum absolute atomic E-state index is 12.4. The fourth-order valence-corrected chi connectivity index (χ4v) is 4.35. The number of carbonyl (C=O) groups excluding carboxylic acids is 2. The van der Waals surface area contributed by atoms with Crippen LogP contribution in [0.5, 0.6) is 5.75 Å². The van der Waals surface area contributed by atoms with Gasteiger partial charge in [0.05, 0.1) is 25.7 Å². The minimum absolute atomic E-state index is 0.0541. The summed E-state index contributed by atoms with van der Waals surface area (Å²) in [6.07, 6.45) is -0.461. The first-order valence-corrected chi connectivity index (χ1v) is 11.0. The SMILES string of the molecule is COCCNC(=O)C[C@@H]1C[C@H]2c3cc(NC(=O)Nc4ccccc4)ccc3O[C@H]2[C@H](CO)O1. The summed E-state index contributed by atoms with van der Waals surface area (Å²) >= 11 is 0. The number of anilines is 2. The summed E-state index contributed by atoms with van der Waals surface area (Å²) in [5, 5.41) is 18.3. The molecule has 2 aromatic rings. The summed E-state index contributed by atoms with van der Waals surface area (Å²) in [7, 11) is 1.58. The summed E-state index contributed by atoms with van der Waals surface area (Å²) in [5.74, 6) is 0.521. The van der Waals surface area contributed by atoms with Crippen molar-refractivity contribution in [3.05, 3.63) is 54.1 Å². The predicted molar refractivity (Wildman–Crippen MR) is 123 cm³/mol. The van der Waals surface area contributed by atoms with Gasteiger partial charge >= 0.3 is 6.03 Å². The Labute approximate surface area is 192 Å². The second-order valence-electron chi connectivity index (χ2n) is 8.15. The van der Waals surface area contributed by atoms with E-state index in [4.69, 9.17) is 14.2 Å². The number of urea groups is 1. The normalized spacial score (nSPS) is 23.1. The lowest BCUT2D eigenvalue weighted by Gasteiger charge is -2.37. The van der Waals surface area contributed by atoms with Gasteiger partial charge in [-0.2, -0.15) is 0 Å². The second kappa shape index (κ2) is 10.7. The van der Waals surface area contributed by atoms with Crippen LogP contribution in [-0.4, -0.2) is 62.2 Å². The van der Waals surface area contributed by atoms with Crippen molar-refractivity contribution in [2.45, 2.75) is 37.1 Å². The van der Waals surface area contributed by atoms with Crippen LogP contribution in [-0.2, 0) is 14.3 Å². The van der Waals surface area contributed by atoms with Gasteiger partial charge in [-0.1, -0.05) is 18.2 Å². The number of rotatable bonds is 8. The van der Waals surface area contributed by atoms with Crippen molar-refractivity contribution in [2.24, 2.45) is 0 Å². The van der Waals surface area contributed by atoms with E-state index >= 15 is 0 Å². The molecule has 0 spiro atoms. The van der Waals surface area contributed by atoms with Gasteiger partial charge in [-0.15, -0.1) is 0 Å². The molecule has 0 aliphatic carbocycles. The number of fused-ring (bicyclic) bond motifs is 3. The van der Waals surface area contributed by atoms with Crippen LogP contribution in [0.25, 0.3) is 0 Å². The second-order valence-corrected chi connectivity index (χ2v) is 8.15. The van der Waals surface area contributed by atoms with E-state index in [1.807, 2.05) is 42.5 Å². The lowest BCUT2D eigenvalue weighted by atomic mass is 9.84. The number of benzene rings is 2. The van der Waals surface area contributed by atoms with E-state index in [-0.39, 0.29) is 43.1 Å². The van der Waals surface area contributed by atoms with E-state index in [9.17, 15) is 14.7 Å². The molecule has 4 N–H and O–H groups in total. The zero-order valence-corrected chi connectivity index (χ0v) is 18.5. The van der Waals surface area contributed by atoms with Crippen LogP contribution >= 0.6 is 0 Å². The molecule has 0 aromatic heterocycles. The fraction of sp³-hybridized carbons (Fsp3) is 0.417. The average molecular weight is 456 g/mol. The summed E-state index contributed by atoms with van der Waals surface area (Å²) in [6, 6.07) is 14.3. The van der Waals surface area contributed by atoms with Crippen LogP contribution < -0.4 is 20.7 Å². The third-order valence-corrected chi connectivity index (χ3v) is 5.83. The Kier molecular flexibility index (Phi) is 7.43. The number of methoxy groups -OCH3 is 1. The monoisotopic (exact) mass is 455 g/mol. The van der Waals surface area contributed by atoms with Crippen molar-refractivity contribution < 1.29 is 28.9 Å². The topological polar surface area (TPSA) is 118 Å². The van der Waals surface area contributed by atoms with Crippen molar-refractivity contribution in [1.82, 2.24) is 5.32 Å². The lowest BCUT2D eigenvalue weighted by molar-refractivity contribution is -0.142. The van der Waals surface area contributed by atoms with Gasteiger partial charge in [-0.25, -0.2) is 4.79 Å². The molecular weight excluding hydrogens is 426 g/mol. The minimum Gasteiger partial charge on any atom is -0.487 e. The van der Waals surface area contributed by atoms with Gasteiger partial charge in [0.2, 0.25) is 5.91 Å². The van der Waals surface area contributed by atoms with Gasteiger partial charge in [0.1, 0.15) is 18.0 Å². The Balaban J connectivity index is 1.43. The Bertz CT molecular complexity index is 970. The third-order valence-electron chi connectivity index (χ3n) is 5.83. The number of para-hydroxylation sites is 1. The van der Waals surface area contributed by atoms with Crippen LogP contribution in [0.1, 0.15) is 24.3 Å². The van der Waals surface area contributed by atoms with Crippen molar-refractivity contribution in [3.8, 4) is 5.75 Å². The average Bonchev–Trinajstić information content (AvgIpc) is 3.17. The number of amides is 3. The Morgan fingerprint density at radius 1 is 1.12 bits per heavy atom. The van der Waals surface area contributed by atoms with E-state index in [1.54, 1.807) is 13.2 Å². The molecule has 2 aromatic carbocycles. The number of aliphatic hydroxyl groups is 1. The summed E-state index contributed by atoms with van der Waals surface area (Å²) in [4.78, 5) is 24.6. The lowest BCUT2D eigenvalue weighted by Crippen LogP contribution is -2.47.